The van der Waals surface area contributed by atoms with E-state index in [9.17, 15) is 0 Å². The van der Waals surface area contributed by atoms with E-state index in [1.807, 2.05) is 28.9 Å². The van der Waals surface area contributed by atoms with Gasteiger partial charge in [0, 0.05) is 5.56 Å². The van der Waals surface area contributed by atoms with E-state index in [-0.39, 0.29) is 0 Å². The van der Waals surface area contributed by atoms with Crippen LogP contribution < -0.4 is 5.73 Å². The molecule has 4 rings (SSSR count). The number of H-pyrrole nitrogens is 1. The fraction of sp³-hybridized carbons (Fsp3) is 0.375. The fourth-order valence-electron chi connectivity index (χ4n) is 3.47. The van der Waals surface area contributed by atoms with Gasteiger partial charge < -0.3 is 10.7 Å². The van der Waals surface area contributed by atoms with E-state index in [1.54, 1.807) is 0 Å². The average Bonchev–Trinajstić information content (AvgIpc) is 3.08. The molecule has 5 heteroatoms. The Morgan fingerprint density at radius 1 is 1.38 bits per heavy atom. The van der Waals surface area contributed by atoms with Gasteiger partial charge in [0.1, 0.15) is 0 Å². The molecule has 2 heterocycles. The van der Waals surface area contributed by atoms with Crippen LogP contribution in [0.15, 0.2) is 24.3 Å². The van der Waals surface area contributed by atoms with Gasteiger partial charge >= 0.3 is 0 Å². The van der Waals surface area contributed by atoms with Crippen molar-refractivity contribution in [2.45, 2.75) is 32.1 Å². The molecule has 21 heavy (non-hydrogen) atoms. The summed E-state index contributed by atoms with van der Waals surface area (Å²) < 4.78 is 1.98. The molecule has 3 N–H and O–H groups in total. The van der Waals surface area contributed by atoms with Gasteiger partial charge in [-0.1, -0.05) is 12.1 Å². The topological polar surface area (TPSA) is 72.5 Å². The number of hydrogen-bond donors (Lipinski definition) is 2. The molecule has 3 aromatic rings. The number of nitrogens with zero attached hydrogens (tertiary/aromatic N) is 3. The average molecular weight is 281 g/mol. The molecule has 0 spiro atoms. The number of aromatic nitrogens is 4. The normalized spacial score (nSPS) is 18.1. The number of para-hydroxylation sites is 2. The van der Waals surface area contributed by atoms with Gasteiger partial charge in [0.15, 0.2) is 0 Å². The van der Waals surface area contributed by atoms with Crippen LogP contribution in [0.25, 0.3) is 17.0 Å². The smallest absolute Gasteiger partial charge is 0.229 e. The van der Waals surface area contributed by atoms with Crippen LogP contribution in [0.4, 0.5) is 0 Å². The van der Waals surface area contributed by atoms with Crippen molar-refractivity contribution in [2.24, 2.45) is 5.73 Å². The maximum Gasteiger partial charge on any atom is 0.229 e. The standard InChI is InChI=1S/C16H19N5/c1-10-15-11(9-17)5-4-8-14(15)21(20-10)16-18-12-6-2-3-7-13(12)19-16/h2-3,6-7,11H,4-5,8-9,17H2,1H3,(H,18,19). The Balaban J connectivity index is 1.89. The van der Waals surface area contributed by atoms with Gasteiger partial charge in [-0.2, -0.15) is 5.10 Å². The molecule has 1 atom stereocenters. The van der Waals surface area contributed by atoms with E-state index in [2.05, 4.69) is 16.9 Å². The number of hydrogen-bond acceptors (Lipinski definition) is 3. The summed E-state index contributed by atoms with van der Waals surface area (Å²) in [7, 11) is 0. The minimum atomic E-state index is 0.437. The van der Waals surface area contributed by atoms with E-state index >= 15 is 0 Å². The van der Waals surface area contributed by atoms with E-state index < -0.39 is 0 Å². The van der Waals surface area contributed by atoms with Crippen molar-refractivity contribution in [1.82, 2.24) is 19.7 Å². The van der Waals surface area contributed by atoms with Crippen molar-refractivity contribution < 1.29 is 0 Å². The van der Waals surface area contributed by atoms with Crippen molar-refractivity contribution in [1.29, 1.82) is 0 Å². The molecule has 0 bridgehead atoms. The number of nitrogens with one attached hydrogen (secondary N) is 1. The summed E-state index contributed by atoms with van der Waals surface area (Å²) in [4.78, 5) is 8.04. The van der Waals surface area contributed by atoms with Crippen molar-refractivity contribution in [3.8, 4) is 5.95 Å². The number of nitrogens with two attached hydrogens (primary N) is 1. The molecule has 0 aliphatic heterocycles. The lowest BCUT2D eigenvalue weighted by Crippen LogP contribution is -2.19. The molecule has 5 nitrogen and oxygen atoms in total. The van der Waals surface area contributed by atoms with Gasteiger partial charge in [0.05, 0.1) is 22.4 Å². The molecule has 1 unspecified atom stereocenters. The zero-order valence-electron chi connectivity index (χ0n) is 12.1. The number of aromatic amines is 1. The zero-order chi connectivity index (χ0) is 14.4. The van der Waals surface area contributed by atoms with Crippen LogP contribution in [0.5, 0.6) is 0 Å². The summed E-state index contributed by atoms with van der Waals surface area (Å²) in [6, 6.07) is 8.07. The molecule has 108 valence electrons. The van der Waals surface area contributed by atoms with Crippen LogP contribution in [0, 0.1) is 6.92 Å². The Hall–Kier alpha value is -2.14. The van der Waals surface area contributed by atoms with Crippen LogP contribution in [0.2, 0.25) is 0 Å². The molecule has 0 saturated carbocycles. The molecule has 0 amide bonds. The third kappa shape index (κ3) is 1.88. The number of rotatable bonds is 2. The maximum absolute atomic E-state index is 5.94. The summed E-state index contributed by atoms with van der Waals surface area (Å²) in [6.07, 6.45) is 3.38. The Labute approximate surface area is 123 Å². The first-order valence-electron chi connectivity index (χ1n) is 7.51. The highest BCUT2D eigenvalue weighted by Crippen LogP contribution is 2.34. The molecular formula is C16H19N5. The summed E-state index contributed by atoms with van der Waals surface area (Å²) in [6.45, 7) is 2.77. The number of benzene rings is 1. The van der Waals surface area contributed by atoms with Crippen molar-refractivity contribution in [2.75, 3.05) is 6.54 Å². The highest BCUT2D eigenvalue weighted by molar-refractivity contribution is 5.76. The first-order valence-corrected chi connectivity index (χ1v) is 7.51. The SMILES string of the molecule is Cc1nn(-c2nc3ccccc3[nH]2)c2c1C(CN)CCC2. The Morgan fingerprint density at radius 2 is 2.24 bits per heavy atom. The quantitative estimate of drug-likeness (QED) is 0.757. The molecule has 1 aliphatic rings. The first kappa shape index (κ1) is 12.6. The molecule has 0 radical (unpaired) electrons. The van der Waals surface area contributed by atoms with E-state index in [1.165, 1.54) is 17.7 Å². The molecule has 0 fully saturated rings. The molecular weight excluding hydrogens is 262 g/mol. The lowest BCUT2D eigenvalue weighted by Gasteiger charge is -2.21. The van der Waals surface area contributed by atoms with Gasteiger partial charge in [-0.05, 0) is 50.8 Å². The predicted molar refractivity (Wildman–Crippen MR) is 82.7 cm³/mol. The van der Waals surface area contributed by atoms with E-state index in [0.29, 0.717) is 12.5 Å². The monoisotopic (exact) mass is 281 g/mol. The minimum absolute atomic E-state index is 0.437. The molecule has 1 aliphatic carbocycles. The van der Waals surface area contributed by atoms with E-state index in [0.717, 1.165) is 35.5 Å². The van der Waals surface area contributed by atoms with Gasteiger partial charge in [0.25, 0.3) is 0 Å². The maximum atomic E-state index is 5.94. The van der Waals surface area contributed by atoms with Gasteiger partial charge in [-0.3, -0.25) is 0 Å². The second-order valence-electron chi connectivity index (χ2n) is 5.76. The lowest BCUT2D eigenvalue weighted by atomic mass is 9.85. The largest absolute Gasteiger partial charge is 0.330 e. The highest BCUT2D eigenvalue weighted by Gasteiger charge is 2.27. The summed E-state index contributed by atoms with van der Waals surface area (Å²) in [5, 5.41) is 4.72. The number of fused-ring (bicyclic) bond motifs is 2. The summed E-state index contributed by atoms with van der Waals surface area (Å²) in [5.41, 5.74) is 11.6. The highest BCUT2D eigenvalue weighted by atomic mass is 15.4. The Morgan fingerprint density at radius 3 is 3.05 bits per heavy atom. The van der Waals surface area contributed by atoms with Crippen LogP contribution in [0.3, 0.4) is 0 Å². The lowest BCUT2D eigenvalue weighted by molar-refractivity contribution is 0.546. The van der Waals surface area contributed by atoms with Crippen molar-refractivity contribution in [3.63, 3.8) is 0 Å². The van der Waals surface area contributed by atoms with Crippen molar-refractivity contribution in [3.05, 3.63) is 41.2 Å². The van der Waals surface area contributed by atoms with Crippen LogP contribution >= 0.6 is 0 Å². The second kappa shape index (κ2) is 4.70. The van der Waals surface area contributed by atoms with Gasteiger partial charge in [-0.25, -0.2) is 9.67 Å². The summed E-state index contributed by atoms with van der Waals surface area (Å²) in [5.74, 6) is 1.24. The van der Waals surface area contributed by atoms with E-state index in [4.69, 9.17) is 10.8 Å². The molecule has 0 saturated heterocycles. The third-order valence-corrected chi connectivity index (χ3v) is 4.44. The van der Waals surface area contributed by atoms with Gasteiger partial charge in [-0.15, -0.1) is 0 Å². The number of aryl methyl sites for hydroxylation is 1. The molecule has 1 aromatic carbocycles. The third-order valence-electron chi connectivity index (χ3n) is 4.44. The number of imidazole rings is 1. The Kier molecular flexibility index (Phi) is 2.82. The predicted octanol–water partition coefficient (Wildman–Crippen LogP) is 2.44. The summed E-state index contributed by atoms with van der Waals surface area (Å²) >= 11 is 0. The zero-order valence-corrected chi connectivity index (χ0v) is 12.1. The minimum Gasteiger partial charge on any atom is -0.330 e. The Bertz CT molecular complexity index is 765. The fourth-order valence-corrected chi connectivity index (χ4v) is 3.47. The van der Waals surface area contributed by atoms with Crippen LogP contribution in [-0.2, 0) is 6.42 Å². The van der Waals surface area contributed by atoms with Gasteiger partial charge in [0.2, 0.25) is 5.95 Å². The van der Waals surface area contributed by atoms with Crippen LogP contribution in [0.1, 0.15) is 35.7 Å². The molecule has 2 aromatic heterocycles. The second-order valence-corrected chi connectivity index (χ2v) is 5.76. The van der Waals surface area contributed by atoms with Crippen LogP contribution in [-0.4, -0.2) is 26.3 Å². The van der Waals surface area contributed by atoms with Crippen molar-refractivity contribution >= 4 is 11.0 Å². The first-order chi connectivity index (χ1) is 10.3.